The van der Waals surface area contributed by atoms with E-state index < -0.39 is 12.4 Å². The maximum Gasteiger partial charge on any atom is 0.387 e. The van der Waals surface area contributed by atoms with Crippen molar-refractivity contribution in [3.63, 3.8) is 0 Å². The Morgan fingerprint density at radius 3 is 2.56 bits per heavy atom. The fourth-order valence-corrected chi connectivity index (χ4v) is 1.67. The van der Waals surface area contributed by atoms with E-state index in [1.165, 1.54) is 19.1 Å². The molecule has 1 rings (SSSR count). The first-order valence-corrected chi connectivity index (χ1v) is 5.00. The maximum atomic E-state index is 12.1. The van der Waals surface area contributed by atoms with E-state index in [2.05, 4.69) is 20.7 Å². The molecule has 0 aliphatic rings. The number of aldehydes is 1. The van der Waals surface area contributed by atoms with Crippen molar-refractivity contribution in [1.82, 2.24) is 0 Å². The number of halogens is 3. The van der Waals surface area contributed by atoms with Gasteiger partial charge >= 0.3 is 6.61 Å². The van der Waals surface area contributed by atoms with Gasteiger partial charge in [0.25, 0.3) is 0 Å². The van der Waals surface area contributed by atoms with Crippen LogP contribution in [0.1, 0.15) is 27.6 Å². The van der Waals surface area contributed by atoms with Gasteiger partial charge in [0.1, 0.15) is 5.75 Å². The number of ether oxygens (including phenoxy) is 1. The Labute approximate surface area is 98.5 Å². The second-order valence-electron chi connectivity index (χ2n) is 2.89. The third-order valence-corrected chi connectivity index (χ3v) is 2.53. The van der Waals surface area contributed by atoms with Crippen LogP contribution in [0.3, 0.4) is 0 Å². The fourth-order valence-electron chi connectivity index (χ4n) is 1.25. The van der Waals surface area contributed by atoms with Crippen LogP contribution in [0.15, 0.2) is 16.6 Å². The van der Waals surface area contributed by atoms with Gasteiger partial charge in [-0.05, 0) is 19.1 Å². The zero-order valence-electron chi connectivity index (χ0n) is 8.17. The van der Waals surface area contributed by atoms with Gasteiger partial charge in [-0.25, -0.2) is 0 Å². The van der Waals surface area contributed by atoms with E-state index in [0.29, 0.717) is 10.8 Å². The Morgan fingerprint density at radius 2 is 2.12 bits per heavy atom. The summed E-state index contributed by atoms with van der Waals surface area (Å²) in [7, 11) is 0. The highest BCUT2D eigenvalue weighted by atomic mass is 79.9. The second kappa shape index (κ2) is 5.16. The first-order valence-electron chi connectivity index (χ1n) is 4.20. The summed E-state index contributed by atoms with van der Waals surface area (Å²) in [4.78, 5) is 22.0. The third-order valence-electron chi connectivity index (χ3n) is 1.84. The number of rotatable bonds is 4. The van der Waals surface area contributed by atoms with Crippen molar-refractivity contribution in [1.29, 1.82) is 0 Å². The molecular formula is C10H7BrF2O3. The summed E-state index contributed by atoms with van der Waals surface area (Å²) < 4.78 is 28.7. The summed E-state index contributed by atoms with van der Waals surface area (Å²) in [5.41, 5.74) is -0.143. The van der Waals surface area contributed by atoms with Gasteiger partial charge in [0, 0.05) is 10.0 Å². The SMILES string of the molecule is CC(=O)c1c(OC(F)F)ccc(Br)c1C=O. The summed E-state index contributed by atoms with van der Waals surface area (Å²) >= 11 is 3.05. The maximum absolute atomic E-state index is 12.1. The number of benzene rings is 1. The molecule has 6 heteroatoms. The van der Waals surface area contributed by atoms with Crippen LogP contribution in [0.5, 0.6) is 5.75 Å². The molecular weight excluding hydrogens is 286 g/mol. The molecule has 0 aliphatic carbocycles. The van der Waals surface area contributed by atoms with Crippen LogP contribution in [0, 0.1) is 0 Å². The van der Waals surface area contributed by atoms with Crippen LogP contribution in [0.2, 0.25) is 0 Å². The van der Waals surface area contributed by atoms with Crippen molar-refractivity contribution in [2.75, 3.05) is 0 Å². The monoisotopic (exact) mass is 292 g/mol. The van der Waals surface area contributed by atoms with Crippen molar-refractivity contribution in [2.45, 2.75) is 13.5 Å². The Morgan fingerprint density at radius 1 is 1.50 bits per heavy atom. The number of Topliss-reactive ketones (excluding diaryl/α,β-unsaturated/α-hetero) is 1. The molecule has 3 nitrogen and oxygen atoms in total. The Kier molecular flexibility index (Phi) is 4.12. The van der Waals surface area contributed by atoms with Gasteiger partial charge < -0.3 is 4.74 Å². The third kappa shape index (κ3) is 2.63. The Bertz CT molecular complexity index is 432. The lowest BCUT2D eigenvalue weighted by Crippen LogP contribution is -2.09. The lowest BCUT2D eigenvalue weighted by Gasteiger charge is -2.11. The highest BCUT2D eigenvalue weighted by molar-refractivity contribution is 9.10. The van der Waals surface area contributed by atoms with Gasteiger partial charge in [-0.3, -0.25) is 9.59 Å². The van der Waals surface area contributed by atoms with Crippen molar-refractivity contribution < 1.29 is 23.1 Å². The minimum absolute atomic E-state index is 0.00523. The molecule has 1 aromatic rings. The molecule has 0 unspecified atom stereocenters. The highest BCUT2D eigenvalue weighted by Crippen LogP contribution is 2.29. The van der Waals surface area contributed by atoms with Gasteiger partial charge in [-0.1, -0.05) is 15.9 Å². The van der Waals surface area contributed by atoms with Gasteiger partial charge in [0.05, 0.1) is 5.56 Å². The van der Waals surface area contributed by atoms with Gasteiger partial charge in [-0.2, -0.15) is 8.78 Å². The largest absolute Gasteiger partial charge is 0.434 e. The molecule has 0 N–H and O–H groups in total. The van der Waals surface area contributed by atoms with Crippen LogP contribution in [0.4, 0.5) is 8.78 Å². The van der Waals surface area contributed by atoms with Crippen LogP contribution in [-0.4, -0.2) is 18.7 Å². The van der Waals surface area contributed by atoms with Crippen LogP contribution >= 0.6 is 15.9 Å². The Hall–Kier alpha value is -1.30. The van der Waals surface area contributed by atoms with Crippen molar-refractivity contribution in [3.05, 3.63) is 27.7 Å². The molecule has 0 radical (unpaired) electrons. The fraction of sp³-hybridized carbons (Fsp3) is 0.200. The van der Waals surface area contributed by atoms with E-state index in [-0.39, 0.29) is 16.9 Å². The van der Waals surface area contributed by atoms with Gasteiger partial charge in [0.2, 0.25) is 0 Å². The van der Waals surface area contributed by atoms with E-state index in [1.807, 2.05) is 0 Å². The zero-order chi connectivity index (χ0) is 12.3. The van der Waals surface area contributed by atoms with E-state index >= 15 is 0 Å². The molecule has 0 aliphatic heterocycles. The number of carbonyl (C=O) groups excluding carboxylic acids is 2. The first kappa shape index (κ1) is 12.8. The van der Waals surface area contributed by atoms with E-state index in [1.54, 1.807) is 0 Å². The quantitative estimate of drug-likeness (QED) is 0.633. The van der Waals surface area contributed by atoms with E-state index in [9.17, 15) is 18.4 Å². The lowest BCUT2D eigenvalue weighted by molar-refractivity contribution is -0.0501. The molecule has 16 heavy (non-hydrogen) atoms. The van der Waals surface area contributed by atoms with Gasteiger partial charge in [0.15, 0.2) is 12.1 Å². The molecule has 0 saturated carbocycles. The van der Waals surface area contributed by atoms with E-state index in [4.69, 9.17) is 0 Å². The average molecular weight is 293 g/mol. The first-order chi connectivity index (χ1) is 7.47. The predicted octanol–water partition coefficient (Wildman–Crippen LogP) is 3.07. The highest BCUT2D eigenvalue weighted by Gasteiger charge is 2.19. The number of alkyl halides is 2. The smallest absolute Gasteiger partial charge is 0.387 e. The summed E-state index contributed by atoms with van der Waals surface area (Å²) in [6.07, 6.45) is 0.416. The zero-order valence-corrected chi connectivity index (χ0v) is 9.75. The number of carbonyl (C=O) groups is 2. The van der Waals surface area contributed by atoms with Crippen LogP contribution < -0.4 is 4.74 Å². The van der Waals surface area contributed by atoms with Crippen molar-refractivity contribution in [2.24, 2.45) is 0 Å². The summed E-state index contributed by atoms with van der Waals surface area (Å²) in [5.74, 6) is -0.813. The van der Waals surface area contributed by atoms with Crippen LogP contribution in [0.25, 0.3) is 0 Å². The molecule has 0 spiro atoms. The summed E-state index contributed by atoms with van der Waals surface area (Å²) in [5, 5.41) is 0. The second-order valence-corrected chi connectivity index (χ2v) is 3.74. The minimum atomic E-state index is -3.04. The Balaban J connectivity index is 3.38. The molecule has 0 heterocycles. The molecule has 1 aromatic carbocycles. The molecule has 0 aromatic heterocycles. The molecule has 0 atom stereocenters. The van der Waals surface area contributed by atoms with Gasteiger partial charge in [-0.15, -0.1) is 0 Å². The van der Waals surface area contributed by atoms with Crippen molar-refractivity contribution in [3.8, 4) is 5.75 Å². The normalized spacial score (nSPS) is 10.3. The lowest BCUT2D eigenvalue weighted by atomic mass is 10.0. The number of hydrogen-bond acceptors (Lipinski definition) is 3. The number of hydrogen-bond donors (Lipinski definition) is 0. The molecule has 0 saturated heterocycles. The molecule has 0 bridgehead atoms. The van der Waals surface area contributed by atoms with E-state index in [0.717, 1.165) is 0 Å². The summed E-state index contributed by atoms with van der Waals surface area (Å²) in [6.45, 7) is -1.87. The predicted molar refractivity (Wildman–Crippen MR) is 56.2 cm³/mol. The molecule has 0 amide bonds. The summed E-state index contributed by atoms with van der Waals surface area (Å²) in [6, 6.07) is 2.58. The van der Waals surface area contributed by atoms with Crippen molar-refractivity contribution >= 4 is 28.0 Å². The number of ketones is 1. The topological polar surface area (TPSA) is 43.4 Å². The standard InChI is InChI=1S/C10H7BrF2O3/c1-5(15)9-6(4-14)7(11)2-3-8(9)16-10(12)13/h2-4,10H,1H3. The molecule has 0 fully saturated rings. The van der Waals surface area contributed by atoms with Crippen LogP contribution in [-0.2, 0) is 0 Å². The minimum Gasteiger partial charge on any atom is -0.434 e. The average Bonchev–Trinajstić information content (AvgIpc) is 2.18. The molecule has 86 valence electrons.